The van der Waals surface area contributed by atoms with Crippen LogP contribution < -0.4 is 24.6 Å². The summed E-state index contributed by atoms with van der Waals surface area (Å²) >= 11 is 0. The van der Waals surface area contributed by atoms with E-state index in [9.17, 15) is 34.2 Å². The molecule has 2 amide bonds. The first kappa shape index (κ1) is 66.6. The highest BCUT2D eigenvalue weighted by Gasteiger charge is 2.30. The Labute approximate surface area is 559 Å². The molecule has 0 fully saturated rings. The molecule has 3 aromatic heterocycles. The molecule has 10 aromatic carbocycles. The van der Waals surface area contributed by atoms with Crippen LogP contribution in [0.25, 0.3) is 65.8 Å². The van der Waals surface area contributed by atoms with Gasteiger partial charge in [-0.15, -0.1) is 0 Å². The van der Waals surface area contributed by atoms with Crippen molar-refractivity contribution in [1.82, 2.24) is 0 Å². The zero-order chi connectivity index (χ0) is 68.8. The predicted molar refractivity (Wildman–Crippen MR) is 379 cm³/mol. The van der Waals surface area contributed by atoms with Crippen LogP contribution in [0.5, 0.6) is 17.2 Å². The van der Waals surface area contributed by atoms with E-state index in [2.05, 4.69) is 5.32 Å². The molecule has 3 N–H and O–H groups in total. The number of amides is 2. The lowest BCUT2D eigenvalue weighted by Gasteiger charge is -2.28. The molecule has 0 unspecified atom stereocenters. The minimum absolute atomic E-state index is 0.0278. The van der Waals surface area contributed by atoms with Gasteiger partial charge in [0.1, 0.15) is 64.0 Å². The number of methoxy groups -OCH3 is 2. The Morgan fingerprint density at radius 1 is 0.433 bits per heavy atom. The molecule has 17 nitrogen and oxygen atoms in total. The van der Waals surface area contributed by atoms with Crippen molar-refractivity contribution in [3.05, 3.63) is 250 Å². The van der Waals surface area contributed by atoms with Gasteiger partial charge in [0.25, 0.3) is 11.8 Å². The first-order chi connectivity index (χ1) is 46.7. The largest absolute Gasteiger partial charge is 0.508 e. The minimum Gasteiger partial charge on any atom is -0.508 e. The van der Waals surface area contributed by atoms with Crippen LogP contribution in [0.3, 0.4) is 0 Å². The molecule has 17 heteroatoms. The summed E-state index contributed by atoms with van der Waals surface area (Å²) in [4.78, 5) is 67.3. The average molecular weight is 1300 g/mol. The summed E-state index contributed by atoms with van der Waals surface area (Å²) in [5.41, 5.74) is 10.9. The van der Waals surface area contributed by atoms with Crippen LogP contribution in [-0.2, 0) is 22.7 Å². The molecular weight excluding hydrogens is 1230 g/mol. The van der Waals surface area contributed by atoms with Crippen LogP contribution in [0.15, 0.2) is 213 Å². The maximum atomic E-state index is 13.7. The third kappa shape index (κ3) is 14.6. The minimum atomic E-state index is -1.16. The molecule has 13 aromatic rings. The molecule has 97 heavy (non-hydrogen) atoms. The van der Waals surface area contributed by atoms with Crippen LogP contribution >= 0.6 is 0 Å². The van der Waals surface area contributed by atoms with E-state index in [1.807, 2.05) is 189 Å². The summed E-state index contributed by atoms with van der Waals surface area (Å²) in [6.45, 7) is 16.4. The number of carbonyl (C=O) groups is 5. The number of phenols is 1. The van der Waals surface area contributed by atoms with Gasteiger partial charge < -0.3 is 57.5 Å². The van der Waals surface area contributed by atoms with Crippen LogP contribution in [0, 0.1) is 13.8 Å². The van der Waals surface area contributed by atoms with E-state index in [0.717, 1.165) is 60.8 Å². The summed E-state index contributed by atoms with van der Waals surface area (Å²) in [7, 11) is 2.70. The van der Waals surface area contributed by atoms with Crippen molar-refractivity contribution in [3.63, 3.8) is 0 Å². The fourth-order valence-corrected chi connectivity index (χ4v) is 11.5. The number of furan rings is 3. The first-order valence-corrected chi connectivity index (χ1v) is 31.7. The predicted octanol–water partition coefficient (Wildman–Crippen LogP) is 18.4. The van der Waals surface area contributed by atoms with Crippen molar-refractivity contribution in [2.24, 2.45) is 0 Å². The molecule has 0 radical (unpaired) electrons. The van der Waals surface area contributed by atoms with Gasteiger partial charge in [-0.1, -0.05) is 96.1 Å². The van der Waals surface area contributed by atoms with Crippen LogP contribution in [0.2, 0.25) is 0 Å². The average Bonchev–Trinajstić information content (AvgIpc) is 1.01. The fourth-order valence-electron chi connectivity index (χ4n) is 11.5. The van der Waals surface area contributed by atoms with Crippen LogP contribution in [0.1, 0.15) is 116 Å². The Balaban J connectivity index is 0.000000149. The number of benzene rings is 10. The smallest absolute Gasteiger partial charge is 0.340 e. The van der Waals surface area contributed by atoms with E-state index in [-0.39, 0.29) is 52.5 Å². The number of aromatic carboxylic acids is 1. The Morgan fingerprint density at radius 2 is 0.814 bits per heavy atom. The summed E-state index contributed by atoms with van der Waals surface area (Å²) in [6, 6.07) is 60.5. The molecule has 0 aliphatic carbocycles. The number of aromatic hydroxyl groups is 1. The maximum absolute atomic E-state index is 13.7. The van der Waals surface area contributed by atoms with E-state index in [1.165, 1.54) is 31.3 Å². The van der Waals surface area contributed by atoms with Gasteiger partial charge in [0.05, 0.1) is 42.3 Å². The van der Waals surface area contributed by atoms with Gasteiger partial charge in [-0.2, -0.15) is 0 Å². The monoisotopic (exact) mass is 1300 g/mol. The molecule has 0 bridgehead atoms. The highest BCUT2D eigenvalue weighted by atomic mass is 16.5. The molecule has 0 atom stereocenters. The van der Waals surface area contributed by atoms with Gasteiger partial charge in [0.15, 0.2) is 0 Å². The number of rotatable bonds is 17. The molecule has 0 saturated heterocycles. The molecule has 0 saturated carbocycles. The number of hydrogen-bond donors (Lipinski definition) is 3. The van der Waals surface area contributed by atoms with Gasteiger partial charge in [-0.05, 0) is 182 Å². The molecule has 3 heterocycles. The van der Waals surface area contributed by atoms with E-state index < -0.39 is 17.9 Å². The molecule has 13 rings (SSSR count). The lowest BCUT2D eigenvalue weighted by molar-refractivity contribution is 0.0592. The molecule has 0 spiro atoms. The SMILES string of the molecule is COC(=O)c1cc2oc3ccc(OCc4ccccc4)cc3c2cc1N(C(=O)c1ccc(C)cc1)C(C)C.COC(=O)c1cc2oc3ccc(OCc4ccccc4)cc3c2cc1NC(C)C.Cc1ccc(C(=O)N(c2cc3c(cc2C(=O)O)oc2ccc(O)cc23)C(C)C)cc1. The van der Waals surface area contributed by atoms with Crippen molar-refractivity contribution in [2.45, 2.75) is 86.7 Å². The van der Waals surface area contributed by atoms with E-state index in [4.69, 9.17) is 32.2 Å². The lowest BCUT2D eigenvalue weighted by atomic mass is 10.0. The third-order valence-corrected chi connectivity index (χ3v) is 16.3. The second-order valence-electron chi connectivity index (χ2n) is 24.3. The quantitative estimate of drug-likeness (QED) is 0.0722. The number of esters is 2. The Morgan fingerprint density at radius 3 is 1.24 bits per heavy atom. The van der Waals surface area contributed by atoms with Gasteiger partial charge in [-0.3, -0.25) is 9.59 Å². The Bertz CT molecular complexity index is 5070. The highest BCUT2D eigenvalue weighted by molar-refractivity contribution is 6.17. The molecular formula is C80H73N3O14. The van der Waals surface area contributed by atoms with Crippen molar-refractivity contribution >= 4 is 113 Å². The van der Waals surface area contributed by atoms with Crippen molar-refractivity contribution in [3.8, 4) is 17.2 Å². The van der Waals surface area contributed by atoms with Gasteiger partial charge in [0.2, 0.25) is 0 Å². The third-order valence-electron chi connectivity index (χ3n) is 16.3. The number of phenolic OH excluding ortho intramolecular Hbond substituents is 1. The number of hydrogen-bond acceptors (Lipinski definition) is 14. The lowest BCUT2D eigenvalue weighted by Crippen LogP contribution is -2.38. The zero-order valence-electron chi connectivity index (χ0n) is 55.4. The number of fused-ring (bicyclic) bond motifs is 9. The highest BCUT2D eigenvalue weighted by Crippen LogP contribution is 2.41. The van der Waals surface area contributed by atoms with E-state index in [1.54, 1.807) is 59.5 Å². The first-order valence-electron chi connectivity index (χ1n) is 31.7. The van der Waals surface area contributed by atoms with Crippen molar-refractivity contribution in [2.75, 3.05) is 29.3 Å². The number of anilines is 3. The summed E-state index contributed by atoms with van der Waals surface area (Å²) < 4.78 is 39.9. The van der Waals surface area contributed by atoms with Gasteiger partial charge in [-0.25, -0.2) is 14.4 Å². The number of carboxylic acids is 1. The normalized spacial score (nSPS) is 11.2. The van der Waals surface area contributed by atoms with E-state index >= 15 is 0 Å². The standard InChI is InChI=1S/C32H29NO5.C24H21NO5.C24H23NO4/c1-20(2)33(31(34)23-12-10-21(3)11-13-23)28-17-26-25-16-24(37-19-22-8-6-5-7-9-22)14-15-29(25)38-30(26)18-27(28)32(35)36-4;1-13(2)25(23(27)15-6-4-14(3)5-7-15)20-11-18-17-10-16(26)8-9-21(17)30-22(18)12-19(20)24(28)29;1-15(2)25-21-12-19-18-11-17(28-14-16-7-5-4-6-8-16)9-10-22(18)29-23(19)13-20(21)24(26)27-3/h5-18,20H,19H2,1-4H3;4-13,26H,1-3H3,(H,28,29);4-13,15,25H,14H2,1-3H3. The summed E-state index contributed by atoms with van der Waals surface area (Å²) in [6.07, 6.45) is 0. The van der Waals surface area contributed by atoms with E-state index in [0.29, 0.717) is 80.0 Å². The van der Waals surface area contributed by atoms with Gasteiger partial charge in [0, 0.05) is 67.3 Å². The second kappa shape index (κ2) is 28.8. The summed E-state index contributed by atoms with van der Waals surface area (Å²) in [5, 5.41) is 27.8. The zero-order valence-corrected chi connectivity index (χ0v) is 55.4. The fraction of sp³-hybridized carbons (Fsp3) is 0.188. The molecule has 492 valence electrons. The van der Waals surface area contributed by atoms with Crippen molar-refractivity contribution in [1.29, 1.82) is 0 Å². The molecule has 0 aliphatic heterocycles. The number of nitrogens with one attached hydrogen (secondary N) is 1. The number of carbonyl (C=O) groups excluding carboxylic acids is 4. The second-order valence-corrected chi connectivity index (χ2v) is 24.3. The topological polar surface area (TPSA) is 221 Å². The number of aryl methyl sites for hydroxylation is 2. The number of carboxylic acid groups (broad SMARTS) is 1. The van der Waals surface area contributed by atoms with Crippen molar-refractivity contribution < 1.29 is 66.4 Å². The molecule has 0 aliphatic rings. The van der Waals surface area contributed by atoms with Crippen LogP contribution in [0.4, 0.5) is 17.1 Å². The Hall–Kier alpha value is -11.9. The Kier molecular flexibility index (Phi) is 19.8. The van der Waals surface area contributed by atoms with Gasteiger partial charge >= 0.3 is 17.9 Å². The summed E-state index contributed by atoms with van der Waals surface area (Å²) in [5.74, 6) is -1.06. The van der Waals surface area contributed by atoms with Crippen LogP contribution in [-0.4, -0.2) is 72.3 Å². The number of ether oxygens (including phenoxy) is 4. The maximum Gasteiger partial charge on any atom is 0.340 e. The number of nitrogens with zero attached hydrogens (tertiary/aromatic N) is 2.